The smallest absolute Gasteiger partial charge is 0.407 e. The zero-order valence-corrected chi connectivity index (χ0v) is 11.6. The van der Waals surface area contributed by atoms with E-state index in [9.17, 15) is 9.59 Å². The number of amides is 1. The van der Waals surface area contributed by atoms with Gasteiger partial charge >= 0.3 is 6.09 Å². The molecule has 0 atom stereocenters. The highest BCUT2D eigenvalue weighted by molar-refractivity contribution is 5.95. The normalized spacial score (nSPS) is 10.9. The number of Topliss-reactive ketones (excluding diaryl/α,β-unsaturated/α-hetero) is 1. The molecule has 0 fully saturated rings. The van der Waals surface area contributed by atoms with Crippen LogP contribution >= 0.6 is 0 Å². The van der Waals surface area contributed by atoms with Gasteiger partial charge in [0.1, 0.15) is 5.60 Å². The Labute approximate surface area is 113 Å². The molecule has 0 spiro atoms. The highest BCUT2D eigenvalue weighted by Gasteiger charge is 2.15. The summed E-state index contributed by atoms with van der Waals surface area (Å²) in [5.41, 5.74) is 0.143. The van der Waals surface area contributed by atoms with Crippen LogP contribution in [0.5, 0.6) is 0 Å². The molecule has 1 N–H and O–H groups in total. The zero-order valence-electron chi connectivity index (χ0n) is 11.6. The number of ketones is 1. The van der Waals surface area contributed by atoms with Gasteiger partial charge in [-0.1, -0.05) is 0 Å². The fraction of sp³-hybridized carbons (Fsp3) is 0.500. The topological polar surface area (TPSA) is 68.3 Å². The van der Waals surface area contributed by atoms with Gasteiger partial charge in [0.05, 0.1) is 0 Å². The summed E-state index contributed by atoms with van der Waals surface area (Å²) in [5.74, 6) is 0.0494. The number of carbonyl (C=O) groups excluding carboxylic acids is 2. The van der Waals surface area contributed by atoms with Crippen LogP contribution in [0.3, 0.4) is 0 Å². The summed E-state index contributed by atoms with van der Waals surface area (Å²) >= 11 is 0. The molecule has 19 heavy (non-hydrogen) atoms. The van der Waals surface area contributed by atoms with Crippen LogP contribution in [0.2, 0.25) is 0 Å². The van der Waals surface area contributed by atoms with Crippen molar-refractivity contribution in [1.82, 2.24) is 10.3 Å². The van der Waals surface area contributed by atoms with E-state index in [1.54, 1.807) is 45.3 Å². The van der Waals surface area contributed by atoms with Crippen LogP contribution in [0.1, 0.15) is 44.0 Å². The Morgan fingerprint density at radius 2 is 1.89 bits per heavy atom. The highest BCUT2D eigenvalue weighted by atomic mass is 16.6. The SMILES string of the molecule is CC(C)(C)OC(=O)NCCCC(=O)c1ccncc1. The maximum atomic E-state index is 11.7. The van der Waals surface area contributed by atoms with Gasteiger partial charge in [-0.2, -0.15) is 0 Å². The predicted octanol–water partition coefficient (Wildman–Crippen LogP) is 2.57. The van der Waals surface area contributed by atoms with Crippen molar-refractivity contribution < 1.29 is 14.3 Å². The second kappa shape index (κ2) is 6.87. The number of hydrogen-bond donors (Lipinski definition) is 1. The summed E-state index contributed by atoms with van der Waals surface area (Å²) in [5, 5.41) is 2.62. The minimum absolute atomic E-state index is 0.0494. The Hall–Kier alpha value is -1.91. The Balaban J connectivity index is 2.21. The zero-order chi connectivity index (χ0) is 14.3. The average Bonchev–Trinajstić information content (AvgIpc) is 2.33. The Morgan fingerprint density at radius 1 is 1.26 bits per heavy atom. The lowest BCUT2D eigenvalue weighted by atomic mass is 10.1. The molecule has 1 heterocycles. The molecule has 104 valence electrons. The summed E-state index contributed by atoms with van der Waals surface area (Å²) in [4.78, 5) is 26.9. The highest BCUT2D eigenvalue weighted by Crippen LogP contribution is 2.07. The van der Waals surface area contributed by atoms with Gasteiger partial charge < -0.3 is 10.1 Å². The molecule has 0 aliphatic carbocycles. The quantitative estimate of drug-likeness (QED) is 0.655. The lowest BCUT2D eigenvalue weighted by Gasteiger charge is -2.19. The van der Waals surface area contributed by atoms with Crippen LogP contribution in [0.25, 0.3) is 0 Å². The summed E-state index contributed by atoms with van der Waals surface area (Å²) < 4.78 is 5.09. The molecule has 1 aromatic rings. The second-order valence-corrected chi connectivity index (χ2v) is 5.19. The van der Waals surface area contributed by atoms with Crippen molar-refractivity contribution in [3.8, 4) is 0 Å². The van der Waals surface area contributed by atoms with E-state index >= 15 is 0 Å². The number of ether oxygens (including phenoxy) is 1. The van der Waals surface area contributed by atoms with Crippen molar-refractivity contribution >= 4 is 11.9 Å². The largest absolute Gasteiger partial charge is 0.444 e. The Kier molecular flexibility index (Phi) is 5.48. The molecule has 0 aliphatic rings. The summed E-state index contributed by atoms with van der Waals surface area (Å²) in [6, 6.07) is 3.37. The van der Waals surface area contributed by atoms with E-state index in [1.807, 2.05) is 0 Å². The van der Waals surface area contributed by atoms with Gasteiger partial charge in [0.2, 0.25) is 0 Å². The monoisotopic (exact) mass is 264 g/mol. The first-order valence-electron chi connectivity index (χ1n) is 6.28. The molecular weight excluding hydrogens is 244 g/mol. The molecule has 1 amide bonds. The van der Waals surface area contributed by atoms with Crippen molar-refractivity contribution in [1.29, 1.82) is 0 Å². The van der Waals surface area contributed by atoms with Crippen molar-refractivity contribution in [2.24, 2.45) is 0 Å². The van der Waals surface area contributed by atoms with Crippen molar-refractivity contribution in [2.75, 3.05) is 6.54 Å². The maximum absolute atomic E-state index is 11.7. The van der Waals surface area contributed by atoms with E-state index in [0.717, 1.165) is 0 Å². The van der Waals surface area contributed by atoms with Crippen LogP contribution < -0.4 is 5.32 Å². The molecule has 1 rings (SSSR count). The predicted molar refractivity (Wildman–Crippen MR) is 72.0 cm³/mol. The third-order valence-electron chi connectivity index (χ3n) is 2.25. The minimum Gasteiger partial charge on any atom is -0.444 e. The standard InChI is InChI=1S/C14H20N2O3/c1-14(2,3)19-13(18)16-8-4-5-12(17)11-6-9-15-10-7-11/h6-7,9-10H,4-5,8H2,1-3H3,(H,16,18). The van der Waals surface area contributed by atoms with Gasteiger partial charge in [0.25, 0.3) is 0 Å². The number of rotatable bonds is 5. The molecule has 0 bridgehead atoms. The van der Waals surface area contributed by atoms with Gasteiger partial charge in [-0.3, -0.25) is 9.78 Å². The fourth-order valence-electron chi connectivity index (χ4n) is 1.44. The van der Waals surface area contributed by atoms with Gasteiger partial charge in [-0.05, 0) is 39.3 Å². The van der Waals surface area contributed by atoms with Gasteiger partial charge in [-0.15, -0.1) is 0 Å². The lowest BCUT2D eigenvalue weighted by Crippen LogP contribution is -2.33. The number of nitrogens with zero attached hydrogens (tertiary/aromatic N) is 1. The summed E-state index contributed by atoms with van der Waals surface area (Å²) in [6.45, 7) is 5.84. The molecule has 0 radical (unpaired) electrons. The molecule has 5 nitrogen and oxygen atoms in total. The van der Waals surface area contributed by atoms with Gasteiger partial charge in [0.15, 0.2) is 5.78 Å². The first-order chi connectivity index (χ1) is 8.88. The van der Waals surface area contributed by atoms with Crippen molar-refractivity contribution in [3.05, 3.63) is 30.1 Å². The van der Waals surface area contributed by atoms with E-state index in [-0.39, 0.29) is 5.78 Å². The van der Waals surface area contributed by atoms with E-state index in [4.69, 9.17) is 4.74 Å². The van der Waals surface area contributed by atoms with Crippen LogP contribution in [-0.4, -0.2) is 29.0 Å². The van der Waals surface area contributed by atoms with E-state index in [1.165, 1.54) is 0 Å². The number of hydrogen-bond acceptors (Lipinski definition) is 4. The van der Waals surface area contributed by atoms with Gasteiger partial charge in [0, 0.05) is 30.9 Å². The summed E-state index contributed by atoms with van der Waals surface area (Å²) in [7, 11) is 0. The molecule has 0 unspecified atom stereocenters. The molecule has 5 heteroatoms. The first-order valence-corrected chi connectivity index (χ1v) is 6.28. The molecule has 0 aliphatic heterocycles. The lowest BCUT2D eigenvalue weighted by molar-refractivity contribution is 0.0525. The van der Waals surface area contributed by atoms with E-state index in [2.05, 4.69) is 10.3 Å². The number of carbonyl (C=O) groups is 2. The van der Waals surface area contributed by atoms with Crippen LogP contribution in [0.15, 0.2) is 24.5 Å². The van der Waals surface area contributed by atoms with Crippen LogP contribution in [0, 0.1) is 0 Å². The fourth-order valence-corrected chi connectivity index (χ4v) is 1.44. The third kappa shape index (κ3) is 6.55. The minimum atomic E-state index is -0.503. The second-order valence-electron chi connectivity index (χ2n) is 5.19. The Bertz CT molecular complexity index is 424. The molecule has 0 aromatic carbocycles. The van der Waals surface area contributed by atoms with Gasteiger partial charge in [-0.25, -0.2) is 4.79 Å². The maximum Gasteiger partial charge on any atom is 0.407 e. The average molecular weight is 264 g/mol. The molecule has 0 saturated carbocycles. The first kappa shape index (κ1) is 15.1. The molecule has 1 aromatic heterocycles. The van der Waals surface area contributed by atoms with E-state index < -0.39 is 11.7 Å². The van der Waals surface area contributed by atoms with Crippen LogP contribution in [0.4, 0.5) is 4.79 Å². The summed E-state index contributed by atoms with van der Waals surface area (Å²) in [6.07, 6.45) is 3.70. The van der Waals surface area contributed by atoms with Crippen LogP contribution in [-0.2, 0) is 4.74 Å². The number of nitrogens with one attached hydrogen (secondary N) is 1. The van der Waals surface area contributed by atoms with Crippen molar-refractivity contribution in [3.63, 3.8) is 0 Å². The van der Waals surface area contributed by atoms with E-state index in [0.29, 0.717) is 24.9 Å². The number of aromatic nitrogens is 1. The number of alkyl carbamates (subject to hydrolysis) is 1. The molecule has 0 saturated heterocycles. The number of pyridine rings is 1. The van der Waals surface area contributed by atoms with Crippen molar-refractivity contribution in [2.45, 2.75) is 39.2 Å². The Morgan fingerprint density at radius 3 is 2.47 bits per heavy atom. The molecular formula is C14H20N2O3. The third-order valence-corrected chi connectivity index (χ3v) is 2.25.